The normalized spacial score (nSPS) is 18.3. The molecule has 0 atom stereocenters. The summed E-state index contributed by atoms with van der Waals surface area (Å²) in [6.45, 7) is 6.12. The summed E-state index contributed by atoms with van der Waals surface area (Å²) in [5.74, 6) is -0.721. The second-order valence-corrected chi connectivity index (χ2v) is 7.95. The van der Waals surface area contributed by atoms with Crippen molar-refractivity contribution in [3.05, 3.63) is 30.1 Å². The number of β-amino-alcohol motifs (C(OH)–C–C–N with tert-alkyl or cyclic N) is 1. The zero-order chi connectivity index (χ0) is 17.1. The number of nitrogens with zero attached hydrogens (tertiary/aromatic N) is 2. The number of piperazine rings is 1. The minimum Gasteiger partial charge on any atom is -0.389 e. The molecule has 1 N–H and O–H groups in total. The fraction of sp³-hybridized carbons (Fsp3) is 0.625. The fourth-order valence-corrected chi connectivity index (χ4v) is 4.30. The number of aliphatic hydroxyl groups is 1. The Morgan fingerprint density at radius 1 is 1.13 bits per heavy atom. The second-order valence-electron chi connectivity index (χ2n) is 6.04. The third-order valence-corrected chi connectivity index (χ3v) is 6.55. The molecule has 7 heteroatoms. The molecule has 0 radical (unpaired) electrons. The lowest BCUT2D eigenvalue weighted by molar-refractivity contribution is -0.0101. The highest BCUT2D eigenvalue weighted by Gasteiger charge is 2.33. The lowest BCUT2D eigenvalue weighted by atomic mass is 9.96. The molecule has 0 unspecified atom stereocenters. The number of halogens is 1. The lowest BCUT2D eigenvalue weighted by Crippen LogP contribution is -2.53. The van der Waals surface area contributed by atoms with E-state index in [0.29, 0.717) is 45.6 Å². The first kappa shape index (κ1) is 18.3. The Labute approximate surface area is 137 Å². The minimum absolute atomic E-state index is 0.271. The highest BCUT2D eigenvalue weighted by Crippen LogP contribution is 2.22. The van der Waals surface area contributed by atoms with E-state index in [1.807, 2.05) is 13.8 Å². The molecule has 0 amide bonds. The summed E-state index contributed by atoms with van der Waals surface area (Å²) < 4.78 is 40.2. The molecular formula is C16H25FN2O3S. The molecule has 1 saturated heterocycles. The standard InChI is InChI=1S/C16H25FN2O3S/c1-3-16(20,4-2)13-18-9-11-19(12-10-18)23(21,22)15-8-6-5-7-14(15)17/h5-8,20H,3-4,9-13H2,1-2H3. The van der Waals surface area contributed by atoms with Crippen molar-refractivity contribution in [1.29, 1.82) is 0 Å². The minimum atomic E-state index is -3.80. The summed E-state index contributed by atoms with van der Waals surface area (Å²) in [5.41, 5.74) is -0.730. The van der Waals surface area contributed by atoms with Gasteiger partial charge in [0.2, 0.25) is 10.0 Å². The number of hydrogen-bond donors (Lipinski definition) is 1. The van der Waals surface area contributed by atoms with Crippen molar-refractivity contribution < 1.29 is 17.9 Å². The smallest absolute Gasteiger partial charge is 0.246 e. The van der Waals surface area contributed by atoms with Gasteiger partial charge in [-0.3, -0.25) is 4.90 Å². The van der Waals surface area contributed by atoms with Crippen LogP contribution in [0, 0.1) is 5.82 Å². The van der Waals surface area contributed by atoms with Crippen molar-refractivity contribution in [2.75, 3.05) is 32.7 Å². The largest absolute Gasteiger partial charge is 0.389 e. The Kier molecular flexibility index (Phi) is 5.78. The zero-order valence-electron chi connectivity index (χ0n) is 13.7. The van der Waals surface area contributed by atoms with E-state index in [9.17, 15) is 17.9 Å². The highest BCUT2D eigenvalue weighted by atomic mass is 32.2. The fourth-order valence-electron chi connectivity index (χ4n) is 2.81. The first-order valence-corrected chi connectivity index (χ1v) is 9.46. The van der Waals surface area contributed by atoms with Gasteiger partial charge in [0.15, 0.2) is 0 Å². The van der Waals surface area contributed by atoms with Crippen LogP contribution >= 0.6 is 0 Å². The molecule has 1 aromatic carbocycles. The molecule has 0 bridgehead atoms. The molecule has 5 nitrogen and oxygen atoms in total. The van der Waals surface area contributed by atoms with Crippen LogP contribution in [-0.2, 0) is 10.0 Å². The van der Waals surface area contributed by atoms with Gasteiger partial charge >= 0.3 is 0 Å². The van der Waals surface area contributed by atoms with E-state index in [-0.39, 0.29) is 4.90 Å². The second kappa shape index (κ2) is 7.25. The quantitative estimate of drug-likeness (QED) is 0.853. The summed E-state index contributed by atoms with van der Waals surface area (Å²) in [6, 6.07) is 5.45. The first-order valence-electron chi connectivity index (χ1n) is 8.02. The van der Waals surface area contributed by atoms with Crippen molar-refractivity contribution >= 4 is 10.0 Å². The van der Waals surface area contributed by atoms with Crippen LogP contribution < -0.4 is 0 Å². The van der Waals surface area contributed by atoms with Gasteiger partial charge in [-0.1, -0.05) is 26.0 Å². The summed E-state index contributed by atoms with van der Waals surface area (Å²) in [6.07, 6.45) is 1.33. The monoisotopic (exact) mass is 344 g/mol. The lowest BCUT2D eigenvalue weighted by Gasteiger charge is -2.38. The molecule has 1 aliphatic rings. The van der Waals surface area contributed by atoms with Crippen LogP contribution in [0.3, 0.4) is 0 Å². The van der Waals surface area contributed by atoms with Crippen LogP contribution in [-0.4, -0.2) is 61.1 Å². The van der Waals surface area contributed by atoms with Gasteiger partial charge < -0.3 is 5.11 Å². The number of benzene rings is 1. The third kappa shape index (κ3) is 4.09. The van der Waals surface area contributed by atoms with Crippen molar-refractivity contribution in [3.8, 4) is 0 Å². The average Bonchev–Trinajstić information content (AvgIpc) is 2.55. The molecule has 130 valence electrons. The van der Waals surface area contributed by atoms with Gasteiger partial charge in [0.1, 0.15) is 10.7 Å². The molecular weight excluding hydrogens is 319 g/mol. The predicted molar refractivity (Wildman–Crippen MR) is 87.1 cm³/mol. The number of rotatable bonds is 6. The summed E-state index contributed by atoms with van der Waals surface area (Å²) >= 11 is 0. The van der Waals surface area contributed by atoms with Gasteiger partial charge in [0, 0.05) is 32.7 Å². The first-order chi connectivity index (χ1) is 10.8. The molecule has 0 saturated carbocycles. The molecule has 0 spiro atoms. The van der Waals surface area contributed by atoms with Crippen molar-refractivity contribution in [1.82, 2.24) is 9.21 Å². The van der Waals surface area contributed by atoms with Crippen molar-refractivity contribution in [2.45, 2.75) is 37.2 Å². The number of sulfonamides is 1. The average molecular weight is 344 g/mol. The molecule has 23 heavy (non-hydrogen) atoms. The Hall–Kier alpha value is -1.02. The topological polar surface area (TPSA) is 60.9 Å². The van der Waals surface area contributed by atoms with Gasteiger partial charge in [-0.15, -0.1) is 0 Å². The van der Waals surface area contributed by atoms with E-state index in [0.717, 1.165) is 6.07 Å². The summed E-state index contributed by atoms with van der Waals surface area (Å²) in [7, 11) is -3.80. The summed E-state index contributed by atoms with van der Waals surface area (Å²) in [5, 5.41) is 10.4. The molecule has 1 aromatic rings. The van der Waals surface area contributed by atoms with E-state index in [4.69, 9.17) is 0 Å². The van der Waals surface area contributed by atoms with Crippen LogP contribution in [0.15, 0.2) is 29.2 Å². The molecule has 0 aliphatic carbocycles. The van der Waals surface area contributed by atoms with E-state index in [2.05, 4.69) is 4.90 Å². The number of hydrogen-bond acceptors (Lipinski definition) is 4. The maximum absolute atomic E-state index is 13.8. The van der Waals surface area contributed by atoms with Crippen LogP contribution in [0.1, 0.15) is 26.7 Å². The van der Waals surface area contributed by atoms with Gasteiger partial charge in [-0.25, -0.2) is 12.8 Å². The van der Waals surface area contributed by atoms with Crippen molar-refractivity contribution in [2.24, 2.45) is 0 Å². The maximum atomic E-state index is 13.8. The van der Waals surface area contributed by atoms with E-state index >= 15 is 0 Å². The van der Waals surface area contributed by atoms with Gasteiger partial charge in [-0.2, -0.15) is 4.31 Å². The molecule has 2 rings (SSSR count). The van der Waals surface area contributed by atoms with Gasteiger partial charge in [-0.05, 0) is 25.0 Å². The van der Waals surface area contributed by atoms with E-state index in [1.54, 1.807) is 0 Å². The van der Waals surface area contributed by atoms with Crippen molar-refractivity contribution in [3.63, 3.8) is 0 Å². The Balaban J connectivity index is 2.03. The highest BCUT2D eigenvalue weighted by molar-refractivity contribution is 7.89. The van der Waals surface area contributed by atoms with Crippen LogP contribution in [0.25, 0.3) is 0 Å². The van der Waals surface area contributed by atoms with Gasteiger partial charge in [0.25, 0.3) is 0 Å². The molecule has 0 aromatic heterocycles. The molecule has 1 fully saturated rings. The molecule has 1 heterocycles. The van der Waals surface area contributed by atoms with E-state index < -0.39 is 21.4 Å². The Bertz CT molecular complexity index is 624. The maximum Gasteiger partial charge on any atom is 0.246 e. The zero-order valence-corrected chi connectivity index (χ0v) is 14.5. The van der Waals surface area contributed by atoms with Gasteiger partial charge in [0.05, 0.1) is 5.60 Å². The predicted octanol–water partition coefficient (Wildman–Crippen LogP) is 1.68. The van der Waals surface area contributed by atoms with E-state index in [1.165, 1.54) is 22.5 Å². The van der Waals surface area contributed by atoms with Crippen LogP contribution in [0.5, 0.6) is 0 Å². The van der Waals surface area contributed by atoms with Crippen LogP contribution in [0.2, 0.25) is 0 Å². The third-order valence-electron chi connectivity index (χ3n) is 4.62. The van der Waals surface area contributed by atoms with Crippen LogP contribution in [0.4, 0.5) is 4.39 Å². The Morgan fingerprint density at radius 2 is 1.70 bits per heavy atom. The molecule has 1 aliphatic heterocycles. The summed E-state index contributed by atoms with van der Waals surface area (Å²) in [4.78, 5) is 1.80. The Morgan fingerprint density at radius 3 is 2.22 bits per heavy atom. The SMILES string of the molecule is CCC(O)(CC)CN1CCN(S(=O)(=O)c2ccccc2F)CC1.